The Labute approximate surface area is 114 Å². The Morgan fingerprint density at radius 1 is 0.950 bits per heavy atom. The van der Waals surface area contributed by atoms with E-state index in [1.807, 2.05) is 4.72 Å². The Morgan fingerprint density at radius 3 is 2.25 bits per heavy atom. The second-order valence-electron chi connectivity index (χ2n) is 4.14. The van der Waals surface area contributed by atoms with Crippen LogP contribution >= 0.6 is 0 Å². The van der Waals surface area contributed by atoms with Crippen LogP contribution in [0.3, 0.4) is 0 Å². The minimum atomic E-state index is -4.34. The van der Waals surface area contributed by atoms with E-state index in [1.165, 1.54) is 6.07 Å². The van der Waals surface area contributed by atoms with E-state index in [0.717, 1.165) is 18.2 Å². The van der Waals surface area contributed by atoms with Gasteiger partial charge in [0.05, 0.1) is 5.69 Å². The summed E-state index contributed by atoms with van der Waals surface area (Å²) >= 11 is 0. The molecule has 7 heteroatoms. The number of sulfonamides is 1. The largest absolute Gasteiger partial charge is 0.279 e. The SMILES string of the molecule is Cc1ccc(F)cc1NS(=O)(=O)c1cc(F)ccc1F. The van der Waals surface area contributed by atoms with Crippen LogP contribution in [0.4, 0.5) is 18.9 Å². The highest BCUT2D eigenvalue weighted by atomic mass is 32.2. The van der Waals surface area contributed by atoms with Crippen LogP contribution in [0, 0.1) is 24.4 Å². The Hall–Kier alpha value is -2.02. The summed E-state index contributed by atoms with van der Waals surface area (Å²) in [7, 11) is -4.34. The summed E-state index contributed by atoms with van der Waals surface area (Å²) in [4.78, 5) is -0.832. The van der Waals surface area contributed by atoms with Gasteiger partial charge in [-0.1, -0.05) is 6.07 Å². The molecule has 0 saturated heterocycles. The highest BCUT2D eigenvalue weighted by Crippen LogP contribution is 2.22. The number of hydrogen-bond donors (Lipinski definition) is 1. The maximum absolute atomic E-state index is 13.5. The van der Waals surface area contributed by atoms with Crippen LogP contribution < -0.4 is 4.72 Å². The lowest BCUT2D eigenvalue weighted by atomic mass is 10.2. The minimum absolute atomic E-state index is 0.0336. The molecule has 20 heavy (non-hydrogen) atoms. The molecule has 0 atom stereocenters. The molecule has 106 valence electrons. The minimum Gasteiger partial charge on any atom is -0.279 e. The lowest BCUT2D eigenvalue weighted by molar-refractivity contribution is 0.555. The lowest BCUT2D eigenvalue weighted by Crippen LogP contribution is -2.15. The van der Waals surface area contributed by atoms with Gasteiger partial charge in [-0.3, -0.25) is 4.72 Å². The van der Waals surface area contributed by atoms with E-state index < -0.39 is 32.4 Å². The number of rotatable bonds is 3. The fourth-order valence-corrected chi connectivity index (χ4v) is 2.80. The zero-order valence-corrected chi connectivity index (χ0v) is 11.1. The van der Waals surface area contributed by atoms with E-state index in [0.29, 0.717) is 17.7 Å². The molecular weight excluding hydrogens is 291 g/mol. The fraction of sp³-hybridized carbons (Fsp3) is 0.0769. The molecule has 3 nitrogen and oxygen atoms in total. The summed E-state index contributed by atoms with van der Waals surface area (Å²) < 4.78 is 65.7. The van der Waals surface area contributed by atoms with Crippen molar-refractivity contribution in [3.05, 3.63) is 59.4 Å². The third kappa shape index (κ3) is 2.93. The van der Waals surface area contributed by atoms with Crippen molar-refractivity contribution in [1.29, 1.82) is 0 Å². The van der Waals surface area contributed by atoms with Gasteiger partial charge in [0.2, 0.25) is 0 Å². The van der Waals surface area contributed by atoms with E-state index >= 15 is 0 Å². The van der Waals surface area contributed by atoms with E-state index in [4.69, 9.17) is 0 Å². The van der Waals surface area contributed by atoms with E-state index in [2.05, 4.69) is 0 Å². The quantitative estimate of drug-likeness (QED) is 0.946. The van der Waals surface area contributed by atoms with Crippen molar-refractivity contribution in [3.8, 4) is 0 Å². The van der Waals surface area contributed by atoms with Crippen molar-refractivity contribution in [1.82, 2.24) is 0 Å². The molecule has 0 fully saturated rings. The van der Waals surface area contributed by atoms with Gasteiger partial charge in [0.25, 0.3) is 10.0 Å². The van der Waals surface area contributed by atoms with Crippen LogP contribution in [0.5, 0.6) is 0 Å². The summed E-state index contributed by atoms with van der Waals surface area (Å²) in [6.07, 6.45) is 0. The first-order chi connectivity index (χ1) is 9.29. The normalized spacial score (nSPS) is 11.4. The van der Waals surface area contributed by atoms with E-state index in [1.54, 1.807) is 6.92 Å². The third-order valence-electron chi connectivity index (χ3n) is 2.63. The first kappa shape index (κ1) is 14.4. The molecule has 2 aromatic rings. The molecule has 0 aromatic heterocycles. The molecule has 2 rings (SSSR count). The molecule has 0 amide bonds. The van der Waals surface area contributed by atoms with Crippen molar-refractivity contribution < 1.29 is 21.6 Å². The number of hydrogen-bond acceptors (Lipinski definition) is 2. The van der Waals surface area contributed by atoms with Gasteiger partial charge < -0.3 is 0 Å². The van der Waals surface area contributed by atoms with Gasteiger partial charge in [-0.05, 0) is 42.8 Å². The average molecular weight is 301 g/mol. The first-order valence-electron chi connectivity index (χ1n) is 5.53. The zero-order chi connectivity index (χ0) is 14.9. The van der Waals surface area contributed by atoms with Crippen LogP contribution in [0.1, 0.15) is 5.56 Å². The summed E-state index contributed by atoms with van der Waals surface area (Å²) in [5, 5.41) is 0. The Balaban J connectivity index is 2.46. The second kappa shape index (κ2) is 5.16. The molecule has 0 radical (unpaired) electrons. The van der Waals surface area contributed by atoms with E-state index in [-0.39, 0.29) is 5.69 Å². The van der Waals surface area contributed by atoms with Crippen LogP contribution in [0.15, 0.2) is 41.3 Å². The van der Waals surface area contributed by atoms with Crippen molar-refractivity contribution in [3.63, 3.8) is 0 Å². The Kier molecular flexibility index (Phi) is 3.71. The fourth-order valence-electron chi connectivity index (χ4n) is 1.59. The Bertz CT molecular complexity index is 760. The van der Waals surface area contributed by atoms with Crippen molar-refractivity contribution in [2.75, 3.05) is 4.72 Å². The van der Waals surface area contributed by atoms with Crippen LogP contribution in [-0.4, -0.2) is 8.42 Å². The van der Waals surface area contributed by atoms with Crippen molar-refractivity contribution in [2.24, 2.45) is 0 Å². The van der Waals surface area contributed by atoms with Crippen LogP contribution in [0.25, 0.3) is 0 Å². The predicted molar refractivity (Wildman–Crippen MR) is 68.3 cm³/mol. The van der Waals surface area contributed by atoms with Gasteiger partial charge in [-0.25, -0.2) is 21.6 Å². The van der Waals surface area contributed by atoms with E-state index in [9.17, 15) is 21.6 Å². The zero-order valence-electron chi connectivity index (χ0n) is 10.3. The summed E-state index contributed by atoms with van der Waals surface area (Å²) in [6, 6.07) is 5.57. The number of nitrogens with one attached hydrogen (secondary N) is 1. The molecule has 2 aromatic carbocycles. The van der Waals surface area contributed by atoms with Crippen molar-refractivity contribution in [2.45, 2.75) is 11.8 Å². The molecule has 0 spiro atoms. The smallest absolute Gasteiger partial charge is 0.264 e. The molecule has 0 heterocycles. The molecule has 0 aliphatic rings. The predicted octanol–water partition coefficient (Wildman–Crippen LogP) is 3.21. The van der Waals surface area contributed by atoms with Gasteiger partial charge in [0, 0.05) is 0 Å². The number of aryl methyl sites for hydroxylation is 1. The molecule has 1 N–H and O–H groups in total. The highest BCUT2D eigenvalue weighted by Gasteiger charge is 2.21. The molecule has 0 unspecified atom stereocenters. The lowest BCUT2D eigenvalue weighted by Gasteiger charge is -2.11. The highest BCUT2D eigenvalue weighted by molar-refractivity contribution is 7.92. The third-order valence-corrected chi connectivity index (χ3v) is 4.01. The van der Waals surface area contributed by atoms with Crippen LogP contribution in [-0.2, 0) is 10.0 Å². The molecule has 0 aliphatic heterocycles. The number of benzene rings is 2. The van der Waals surface area contributed by atoms with Crippen molar-refractivity contribution >= 4 is 15.7 Å². The summed E-state index contributed by atoms with van der Waals surface area (Å²) in [5.74, 6) is -2.62. The summed E-state index contributed by atoms with van der Waals surface area (Å²) in [5.41, 5.74) is 0.417. The molecule has 0 bridgehead atoms. The van der Waals surface area contributed by atoms with Gasteiger partial charge in [-0.15, -0.1) is 0 Å². The van der Waals surface area contributed by atoms with Gasteiger partial charge in [-0.2, -0.15) is 0 Å². The average Bonchev–Trinajstić information content (AvgIpc) is 2.36. The number of anilines is 1. The Morgan fingerprint density at radius 2 is 1.55 bits per heavy atom. The van der Waals surface area contributed by atoms with Gasteiger partial charge >= 0.3 is 0 Å². The summed E-state index contributed by atoms with van der Waals surface area (Å²) in [6.45, 7) is 1.55. The maximum Gasteiger partial charge on any atom is 0.264 e. The van der Waals surface area contributed by atoms with Crippen LogP contribution in [0.2, 0.25) is 0 Å². The molecular formula is C13H10F3NO2S. The first-order valence-corrected chi connectivity index (χ1v) is 7.02. The monoisotopic (exact) mass is 301 g/mol. The standard InChI is InChI=1S/C13H10F3NO2S/c1-8-2-3-9(14)6-12(8)17-20(18,19)13-7-10(15)4-5-11(13)16/h2-7,17H,1H3. The van der Waals surface area contributed by atoms with Gasteiger partial charge in [0.15, 0.2) is 0 Å². The topological polar surface area (TPSA) is 46.2 Å². The van der Waals surface area contributed by atoms with Gasteiger partial charge in [0.1, 0.15) is 22.3 Å². The maximum atomic E-state index is 13.5. The second-order valence-corrected chi connectivity index (χ2v) is 5.79. The molecule has 0 saturated carbocycles. The number of halogens is 3. The molecule has 0 aliphatic carbocycles.